The number of rotatable bonds is 0. The lowest BCUT2D eigenvalue weighted by Gasteiger charge is -1.98. The van der Waals surface area contributed by atoms with E-state index >= 15 is 0 Å². The van der Waals surface area contributed by atoms with Crippen LogP contribution >= 0.6 is 0 Å². The Labute approximate surface area is 120 Å². The number of hydrogen-bond acceptors (Lipinski definition) is 0. The van der Waals surface area contributed by atoms with Crippen molar-refractivity contribution >= 4 is 32.8 Å². The van der Waals surface area contributed by atoms with Crippen LogP contribution in [-0.4, -0.2) is 8.80 Å². The zero-order valence-corrected chi connectivity index (χ0v) is 10.9. The Bertz CT molecular complexity index is 1120. The molecule has 0 saturated heterocycles. The van der Waals surface area contributed by atoms with E-state index < -0.39 is 23.3 Å². The van der Waals surface area contributed by atoms with Gasteiger partial charge < -0.3 is 0 Å². The molecular formula is C16H6F4N2. The molecule has 0 N–H and O–H groups in total. The highest BCUT2D eigenvalue weighted by Gasteiger charge is 2.23. The van der Waals surface area contributed by atoms with Gasteiger partial charge in [0.1, 0.15) is 17.3 Å². The fourth-order valence-corrected chi connectivity index (χ4v) is 3.38. The summed E-state index contributed by atoms with van der Waals surface area (Å²) >= 11 is 0. The lowest BCUT2D eigenvalue weighted by Crippen LogP contribution is -1.87. The lowest BCUT2D eigenvalue weighted by molar-refractivity contribution is 0.590. The summed E-state index contributed by atoms with van der Waals surface area (Å²) in [6.45, 7) is 0. The number of nitrogens with zero attached hydrogens (tertiary/aromatic N) is 2. The molecule has 5 aromatic rings. The average molecular weight is 302 g/mol. The largest absolute Gasteiger partial charge is 0.297 e. The summed E-state index contributed by atoms with van der Waals surface area (Å²) < 4.78 is 58.5. The van der Waals surface area contributed by atoms with E-state index in [1.54, 1.807) is 12.4 Å². The van der Waals surface area contributed by atoms with Crippen LogP contribution in [0, 0.1) is 23.3 Å². The quantitative estimate of drug-likeness (QED) is 0.373. The van der Waals surface area contributed by atoms with Crippen LogP contribution in [0.15, 0.2) is 36.7 Å². The van der Waals surface area contributed by atoms with Crippen molar-refractivity contribution in [2.45, 2.75) is 0 Å². The number of hydrogen-bond donors (Lipinski definition) is 0. The van der Waals surface area contributed by atoms with E-state index in [9.17, 15) is 17.6 Å². The number of benzene rings is 2. The highest BCUT2D eigenvalue weighted by Crippen LogP contribution is 2.39. The van der Waals surface area contributed by atoms with Crippen LogP contribution in [0.5, 0.6) is 0 Å². The molecule has 2 aromatic carbocycles. The summed E-state index contributed by atoms with van der Waals surface area (Å²) in [5.41, 5.74) is 0.889. The first-order valence-corrected chi connectivity index (χ1v) is 6.56. The third-order valence-corrected chi connectivity index (χ3v) is 4.12. The van der Waals surface area contributed by atoms with Crippen LogP contribution in [0.1, 0.15) is 0 Å². The van der Waals surface area contributed by atoms with Crippen molar-refractivity contribution in [1.82, 2.24) is 8.80 Å². The second-order valence-corrected chi connectivity index (χ2v) is 5.30. The minimum absolute atomic E-state index is 0.195. The Balaban J connectivity index is 2.23. The average Bonchev–Trinajstić information content (AvgIpc) is 3.03. The molecule has 0 aliphatic carbocycles. The first-order chi connectivity index (χ1) is 10.6. The SMILES string of the molecule is Fc1cc(F)c2c(c1)c1c3cc(F)cc(F)c3n3ccn2c13. The van der Waals surface area contributed by atoms with Crippen LogP contribution in [0.4, 0.5) is 17.6 Å². The van der Waals surface area contributed by atoms with Gasteiger partial charge in [0, 0.05) is 40.7 Å². The molecule has 0 spiro atoms. The summed E-state index contributed by atoms with van der Waals surface area (Å²) in [6.07, 6.45) is 3.15. The lowest BCUT2D eigenvalue weighted by atomic mass is 10.1. The number of fused-ring (bicyclic) bond motifs is 6. The third-order valence-electron chi connectivity index (χ3n) is 4.12. The smallest absolute Gasteiger partial charge is 0.150 e. The van der Waals surface area contributed by atoms with Gasteiger partial charge >= 0.3 is 0 Å². The topological polar surface area (TPSA) is 8.82 Å². The van der Waals surface area contributed by atoms with E-state index in [0.29, 0.717) is 21.8 Å². The molecule has 0 amide bonds. The molecule has 2 nitrogen and oxygen atoms in total. The third kappa shape index (κ3) is 1.17. The predicted octanol–water partition coefficient (Wildman–Crippen LogP) is 4.49. The van der Waals surface area contributed by atoms with Gasteiger partial charge in [-0.1, -0.05) is 0 Å². The predicted molar refractivity (Wildman–Crippen MR) is 74.4 cm³/mol. The Hall–Kier alpha value is -2.76. The highest BCUT2D eigenvalue weighted by molar-refractivity contribution is 6.21. The standard InChI is InChI=1S/C16H6F4N2/c17-7-3-9-13-10-4-8(18)6-12(20)15(10)22-2-1-21(16(13)22)14(9)11(19)5-7/h1-6H. The molecule has 0 unspecified atom stereocenters. The van der Waals surface area contributed by atoms with E-state index in [2.05, 4.69) is 0 Å². The summed E-state index contributed by atoms with van der Waals surface area (Å²) in [5.74, 6) is -2.89. The monoisotopic (exact) mass is 302 g/mol. The van der Waals surface area contributed by atoms with E-state index in [1.165, 1.54) is 20.9 Å². The summed E-state index contributed by atoms with van der Waals surface area (Å²) in [7, 11) is 0. The Morgan fingerprint density at radius 3 is 1.55 bits per heavy atom. The fourth-order valence-electron chi connectivity index (χ4n) is 3.38. The summed E-state index contributed by atoms with van der Waals surface area (Å²) in [4.78, 5) is 0. The summed E-state index contributed by atoms with van der Waals surface area (Å²) in [6, 6.07) is 3.96. The number of aromatic nitrogens is 2. The van der Waals surface area contributed by atoms with Crippen molar-refractivity contribution in [2.24, 2.45) is 0 Å². The van der Waals surface area contributed by atoms with E-state index in [-0.39, 0.29) is 11.0 Å². The van der Waals surface area contributed by atoms with E-state index in [0.717, 1.165) is 12.1 Å². The minimum Gasteiger partial charge on any atom is -0.297 e. The van der Waals surface area contributed by atoms with Gasteiger partial charge in [-0.15, -0.1) is 0 Å². The zero-order valence-electron chi connectivity index (χ0n) is 10.9. The van der Waals surface area contributed by atoms with E-state index in [4.69, 9.17) is 0 Å². The van der Waals surface area contributed by atoms with Gasteiger partial charge in [-0.2, -0.15) is 0 Å². The molecule has 0 fully saturated rings. The van der Waals surface area contributed by atoms with Gasteiger partial charge in [0.25, 0.3) is 0 Å². The molecule has 0 bridgehead atoms. The van der Waals surface area contributed by atoms with Crippen LogP contribution in [0.3, 0.4) is 0 Å². The van der Waals surface area contributed by atoms with Crippen molar-refractivity contribution in [2.75, 3.05) is 0 Å². The Morgan fingerprint density at radius 1 is 0.636 bits per heavy atom. The van der Waals surface area contributed by atoms with Gasteiger partial charge in [-0.25, -0.2) is 17.6 Å². The van der Waals surface area contributed by atoms with E-state index in [1.807, 2.05) is 0 Å². The number of halogens is 4. The van der Waals surface area contributed by atoms with Crippen molar-refractivity contribution in [3.8, 4) is 0 Å². The molecule has 108 valence electrons. The van der Waals surface area contributed by atoms with Gasteiger partial charge in [0.2, 0.25) is 0 Å². The van der Waals surface area contributed by atoms with Gasteiger partial charge in [-0.05, 0) is 12.1 Å². The molecule has 6 heteroatoms. The normalized spacial score (nSPS) is 12.5. The first kappa shape index (κ1) is 11.9. The molecular weight excluding hydrogens is 296 g/mol. The molecule has 3 heterocycles. The minimum atomic E-state index is -0.730. The summed E-state index contributed by atoms with van der Waals surface area (Å²) in [5, 5.41) is 1.03. The molecule has 0 radical (unpaired) electrons. The Kier molecular flexibility index (Phi) is 1.90. The molecule has 3 aromatic heterocycles. The maximum absolute atomic E-state index is 14.1. The zero-order chi connectivity index (χ0) is 15.2. The molecule has 0 aliphatic heterocycles. The van der Waals surface area contributed by atoms with Crippen molar-refractivity contribution in [3.05, 3.63) is 59.9 Å². The van der Waals surface area contributed by atoms with Gasteiger partial charge in [0.15, 0.2) is 11.6 Å². The molecule has 0 atom stereocenters. The molecule has 5 rings (SSSR count). The fraction of sp³-hybridized carbons (Fsp3) is 0. The molecule has 0 saturated carbocycles. The van der Waals surface area contributed by atoms with Crippen LogP contribution < -0.4 is 0 Å². The van der Waals surface area contributed by atoms with Gasteiger partial charge in [-0.3, -0.25) is 8.80 Å². The highest BCUT2D eigenvalue weighted by atomic mass is 19.1. The van der Waals surface area contributed by atoms with Crippen molar-refractivity contribution in [1.29, 1.82) is 0 Å². The second-order valence-electron chi connectivity index (χ2n) is 5.30. The Morgan fingerprint density at radius 2 is 1.09 bits per heavy atom. The maximum atomic E-state index is 14.1. The van der Waals surface area contributed by atoms with Crippen LogP contribution in [-0.2, 0) is 0 Å². The first-order valence-electron chi connectivity index (χ1n) is 6.56. The maximum Gasteiger partial charge on any atom is 0.150 e. The van der Waals surface area contributed by atoms with Gasteiger partial charge in [0.05, 0.1) is 11.0 Å². The van der Waals surface area contributed by atoms with Crippen LogP contribution in [0.2, 0.25) is 0 Å². The van der Waals surface area contributed by atoms with Crippen molar-refractivity contribution in [3.63, 3.8) is 0 Å². The van der Waals surface area contributed by atoms with Crippen molar-refractivity contribution < 1.29 is 17.6 Å². The second kappa shape index (κ2) is 3.52. The molecule has 22 heavy (non-hydrogen) atoms. The van der Waals surface area contributed by atoms with Crippen LogP contribution in [0.25, 0.3) is 32.8 Å². The number of imidazole rings is 1. The molecule has 0 aliphatic rings.